The van der Waals surface area contributed by atoms with Crippen LogP contribution in [0.15, 0.2) is 47.3 Å². The molecule has 0 saturated carbocycles. The molecule has 0 aliphatic heterocycles. The normalized spacial score (nSPS) is 10.8. The van der Waals surface area contributed by atoms with E-state index in [0.717, 1.165) is 33.5 Å². The molecule has 0 fully saturated rings. The van der Waals surface area contributed by atoms with E-state index in [2.05, 4.69) is 16.8 Å². The number of nitrogens with one attached hydrogen (secondary N) is 1. The lowest BCUT2D eigenvalue weighted by atomic mass is 10.0. The smallest absolute Gasteiger partial charge is 0.251 e. The molecule has 0 spiro atoms. The minimum absolute atomic E-state index is 0.203. The Balaban J connectivity index is 2.00. The third-order valence-corrected chi connectivity index (χ3v) is 5.52. The first-order chi connectivity index (χ1) is 13.9. The van der Waals surface area contributed by atoms with Gasteiger partial charge >= 0.3 is 0 Å². The Morgan fingerprint density at radius 1 is 1.03 bits per heavy atom. The summed E-state index contributed by atoms with van der Waals surface area (Å²) >= 11 is 12.3. The monoisotopic (exact) mass is 421 g/mol. The number of rotatable bonds is 2. The number of halogens is 2. The van der Waals surface area contributed by atoms with Gasteiger partial charge in [0.25, 0.3) is 5.56 Å². The molecule has 4 nitrogen and oxygen atoms in total. The zero-order chi connectivity index (χ0) is 20.7. The molecule has 2 heterocycles. The topological polar surface area (TPSA) is 50.2 Å². The third-order valence-electron chi connectivity index (χ3n) is 4.78. The molecule has 0 aliphatic rings. The van der Waals surface area contributed by atoms with Gasteiger partial charge in [0.05, 0.1) is 21.4 Å². The Labute approximate surface area is 178 Å². The third kappa shape index (κ3) is 3.44. The summed E-state index contributed by atoms with van der Waals surface area (Å²) in [6.07, 6.45) is 0. The molecule has 4 aromatic rings. The molecule has 6 heteroatoms. The van der Waals surface area contributed by atoms with Crippen LogP contribution >= 0.6 is 23.2 Å². The van der Waals surface area contributed by atoms with E-state index >= 15 is 0 Å². The van der Waals surface area contributed by atoms with Gasteiger partial charge in [-0.2, -0.15) is 5.10 Å². The van der Waals surface area contributed by atoms with Crippen LogP contribution in [0.4, 0.5) is 0 Å². The van der Waals surface area contributed by atoms with Crippen molar-refractivity contribution in [2.24, 2.45) is 0 Å². The number of hydrogen-bond acceptors (Lipinski definition) is 2. The van der Waals surface area contributed by atoms with Gasteiger partial charge in [-0.15, -0.1) is 5.92 Å². The van der Waals surface area contributed by atoms with Crippen LogP contribution in [0.3, 0.4) is 0 Å². The van der Waals surface area contributed by atoms with Crippen LogP contribution < -0.4 is 5.56 Å². The Morgan fingerprint density at radius 2 is 1.83 bits per heavy atom. The van der Waals surface area contributed by atoms with Crippen LogP contribution in [0.2, 0.25) is 10.0 Å². The molecule has 0 bridgehead atoms. The largest absolute Gasteiger partial charge is 0.306 e. The van der Waals surface area contributed by atoms with Crippen molar-refractivity contribution >= 4 is 28.8 Å². The highest BCUT2D eigenvalue weighted by molar-refractivity contribution is 6.42. The van der Waals surface area contributed by atoms with E-state index in [9.17, 15) is 4.79 Å². The van der Waals surface area contributed by atoms with E-state index < -0.39 is 0 Å². The van der Waals surface area contributed by atoms with E-state index in [1.165, 1.54) is 0 Å². The fourth-order valence-corrected chi connectivity index (χ4v) is 3.82. The number of nitrogens with zero attached hydrogens (tertiary/aromatic N) is 2. The van der Waals surface area contributed by atoms with Gasteiger partial charge in [-0.25, -0.2) is 4.52 Å². The first kappa shape index (κ1) is 19.3. The number of aromatic nitrogens is 3. The highest BCUT2D eigenvalue weighted by atomic mass is 35.5. The van der Waals surface area contributed by atoms with Crippen LogP contribution in [0, 0.1) is 25.7 Å². The molecule has 29 heavy (non-hydrogen) atoms. The van der Waals surface area contributed by atoms with E-state index in [0.29, 0.717) is 21.4 Å². The lowest BCUT2D eigenvalue weighted by molar-refractivity contribution is 0.917. The van der Waals surface area contributed by atoms with Crippen molar-refractivity contribution in [3.8, 4) is 34.2 Å². The van der Waals surface area contributed by atoms with E-state index in [1.54, 1.807) is 29.6 Å². The molecule has 2 aromatic carbocycles. The summed E-state index contributed by atoms with van der Waals surface area (Å²) in [5.41, 5.74) is 6.42. The lowest BCUT2D eigenvalue weighted by Gasteiger charge is -2.09. The standard InChI is InChI=1S/C23H17Cl2N3O/c1-4-5-15-6-8-17(13(2)10-15)20-12-21(29)26-23-22(14(3)27-28(20)23)16-7-9-18(24)19(25)11-16/h6-12H,1-3H3,(H,26,29). The number of benzene rings is 2. The average molecular weight is 422 g/mol. The van der Waals surface area contributed by atoms with Gasteiger partial charge in [-0.05, 0) is 56.2 Å². The molecule has 0 unspecified atom stereocenters. The quantitative estimate of drug-likeness (QED) is 0.425. The van der Waals surface area contributed by atoms with Crippen molar-refractivity contribution in [2.45, 2.75) is 20.8 Å². The van der Waals surface area contributed by atoms with Crippen LogP contribution in [-0.4, -0.2) is 14.6 Å². The van der Waals surface area contributed by atoms with Crippen molar-refractivity contribution in [1.82, 2.24) is 14.6 Å². The molecule has 1 N–H and O–H groups in total. The second kappa shape index (κ2) is 7.44. The highest BCUT2D eigenvalue weighted by Gasteiger charge is 2.18. The summed E-state index contributed by atoms with van der Waals surface area (Å²) in [4.78, 5) is 15.4. The summed E-state index contributed by atoms with van der Waals surface area (Å²) < 4.78 is 1.77. The molecule has 144 valence electrons. The van der Waals surface area contributed by atoms with Gasteiger partial charge in [-0.3, -0.25) is 4.79 Å². The van der Waals surface area contributed by atoms with E-state index in [-0.39, 0.29) is 5.56 Å². The van der Waals surface area contributed by atoms with Crippen LogP contribution in [0.5, 0.6) is 0 Å². The summed E-state index contributed by atoms with van der Waals surface area (Å²) in [7, 11) is 0. The lowest BCUT2D eigenvalue weighted by Crippen LogP contribution is -2.10. The van der Waals surface area contributed by atoms with E-state index in [1.807, 2.05) is 38.1 Å². The Bertz CT molecular complexity index is 1390. The summed E-state index contributed by atoms with van der Waals surface area (Å²) in [6.45, 7) is 5.71. The second-order valence-corrected chi connectivity index (χ2v) is 7.59. The van der Waals surface area contributed by atoms with Crippen LogP contribution in [0.25, 0.3) is 28.0 Å². The van der Waals surface area contributed by atoms with Crippen molar-refractivity contribution in [3.05, 3.63) is 79.7 Å². The molecule has 0 atom stereocenters. The first-order valence-corrected chi connectivity index (χ1v) is 9.76. The minimum atomic E-state index is -0.203. The molecule has 4 rings (SSSR count). The molecular weight excluding hydrogens is 405 g/mol. The van der Waals surface area contributed by atoms with Crippen molar-refractivity contribution in [1.29, 1.82) is 0 Å². The SMILES string of the molecule is CC#Cc1ccc(-c2cc(=O)[nH]c3c(-c4ccc(Cl)c(Cl)c4)c(C)nn23)c(C)c1. The fourth-order valence-electron chi connectivity index (χ4n) is 3.52. The second-order valence-electron chi connectivity index (χ2n) is 6.77. The van der Waals surface area contributed by atoms with Gasteiger partial charge in [0.2, 0.25) is 0 Å². The zero-order valence-corrected chi connectivity index (χ0v) is 17.6. The average Bonchev–Trinajstić information content (AvgIpc) is 3.00. The fraction of sp³-hybridized carbons (Fsp3) is 0.130. The van der Waals surface area contributed by atoms with Gasteiger partial charge < -0.3 is 4.98 Å². The molecule has 0 amide bonds. The maximum atomic E-state index is 12.5. The summed E-state index contributed by atoms with van der Waals surface area (Å²) in [5, 5.41) is 5.63. The van der Waals surface area contributed by atoms with E-state index in [4.69, 9.17) is 28.3 Å². The predicted molar refractivity (Wildman–Crippen MR) is 119 cm³/mol. The van der Waals surface area contributed by atoms with Gasteiger partial charge in [0.1, 0.15) is 5.65 Å². The zero-order valence-electron chi connectivity index (χ0n) is 16.1. The minimum Gasteiger partial charge on any atom is -0.306 e. The highest BCUT2D eigenvalue weighted by Crippen LogP contribution is 2.33. The maximum absolute atomic E-state index is 12.5. The Hall–Kier alpha value is -3.00. The number of hydrogen-bond donors (Lipinski definition) is 1. The Morgan fingerprint density at radius 3 is 2.52 bits per heavy atom. The number of aromatic amines is 1. The predicted octanol–water partition coefficient (Wildman–Crippen LogP) is 5.65. The molecule has 2 aromatic heterocycles. The molecule has 0 saturated heterocycles. The van der Waals surface area contributed by atoms with Gasteiger partial charge in [-0.1, -0.05) is 41.3 Å². The number of H-pyrrole nitrogens is 1. The van der Waals surface area contributed by atoms with Gasteiger partial charge in [0.15, 0.2) is 0 Å². The van der Waals surface area contributed by atoms with Gasteiger partial charge in [0, 0.05) is 22.8 Å². The summed E-state index contributed by atoms with van der Waals surface area (Å²) in [6, 6.07) is 12.9. The number of fused-ring (bicyclic) bond motifs is 1. The van der Waals surface area contributed by atoms with Crippen molar-refractivity contribution in [2.75, 3.05) is 0 Å². The molecule has 0 radical (unpaired) electrons. The molecule has 0 aliphatic carbocycles. The molecular formula is C23H17Cl2N3O. The summed E-state index contributed by atoms with van der Waals surface area (Å²) in [5.74, 6) is 5.96. The first-order valence-electron chi connectivity index (χ1n) is 9.01. The van der Waals surface area contributed by atoms with Crippen molar-refractivity contribution < 1.29 is 0 Å². The maximum Gasteiger partial charge on any atom is 0.251 e. The van der Waals surface area contributed by atoms with Crippen LogP contribution in [-0.2, 0) is 0 Å². The Kier molecular flexibility index (Phi) is 4.96. The number of aryl methyl sites for hydroxylation is 2. The van der Waals surface area contributed by atoms with Crippen molar-refractivity contribution in [3.63, 3.8) is 0 Å². The van der Waals surface area contributed by atoms with Crippen LogP contribution in [0.1, 0.15) is 23.7 Å².